The number of amides is 1. The van der Waals surface area contributed by atoms with Crippen molar-refractivity contribution in [3.8, 4) is 0 Å². The number of hydrogen-bond donors (Lipinski definition) is 0. The fourth-order valence-electron chi connectivity index (χ4n) is 3.53. The molecule has 2 fully saturated rings. The predicted molar refractivity (Wildman–Crippen MR) is 61.1 cm³/mol. The molecule has 0 radical (unpaired) electrons. The molecule has 3 rings (SSSR count). The Hall–Kier alpha value is -0.990. The number of rotatable bonds is 2. The number of ether oxygens (including phenoxy) is 1. The molecule has 0 saturated carbocycles. The molecule has 0 aromatic rings. The van der Waals surface area contributed by atoms with Gasteiger partial charge in [0.1, 0.15) is 6.10 Å². The van der Waals surface area contributed by atoms with Crippen LogP contribution >= 0.6 is 0 Å². The van der Waals surface area contributed by atoms with E-state index in [2.05, 4.69) is 19.1 Å². The van der Waals surface area contributed by atoms with Crippen molar-refractivity contribution in [3.63, 3.8) is 0 Å². The molecule has 3 aliphatic rings. The maximum atomic E-state index is 11.9. The predicted octanol–water partition coefficient (Wildman–Crippen LogP) is 2.71. The van der Waals surface area contributed by atoms with Crippen LogP contribution in [-0.2, 0) is 4.74 Å². The fourth-order valence-corrected chi connectivity index (χ4v) is 3.53. The molecule has 4 atom stereocenters. The van der Waals surface area contributed by atoms with Crippen molar-refractivity contribution >= 4 is 6.09 Å². The van der Waals surface area contributed by atoms with E-state index in [0.717, 1.165) is 25.7 Å². The molecule has 1 aliphatic carbocycles. The molecule has 1 amide bonds. The molecule has 0 bridgehead atoms. The molecule has 16 heavy (non-hydrogen) atoms. The van der Waals surface area contributed by atoms with E-state index in [1.54, 1.807) is 0 Å². The Kier molecular flexibility index (Phi) is 2.41. The topological polar surface area (TPSA) is 29.5 Å². The van der Waals surface area contributed by atoms with Crippen LogP contribution in [0.3, 0.4) is 0 Å². The first kappa shape index (κ1) is 10.2. The van der Waals surface area contributed by atoms with Crippen molar-refractivity contribution < 1.29 is 9.53 Å². The summed E-state index contributed by atoms with van der Waals surface area (Å²) >= 11 is 0. The molecule has 88 valence electrons. The third-order valence-corrected chi connectivity index (χ3v) is 4.20. The van der Waals surface area contributed by atoms with Crippen LogP contribution in [0.5, 0.6) is 0 Å². The van der Waals surface area contributed by atoms with Crippen LogP contribution in [0.4, 0.5) is 4.79 Å². The summed E-state index contributed by atoms with van der Waals surface area (Å²) in [5, 5.41) is 0. The van der Waals surface area contributed by atoms with Crippen LogP contribution in [0, 0.1) is 5.92 Å². The van der Waals surface area contributed by atoms with Gasteiger partial charge in [-0.1, -0.05) is 25.5 Å². The summed E-state index contributed by atoms with van der Waals surface area (Å²) in [4.78, 5) is 14.0. The number of nitrogens with zero attached hydrogens (tertiary/aromatic N) is 1. The first-order valence-electron chi connectivity index (χ1n) is 6.47. The molecule has 2 aliphatic heterocycles. The second-order valence-electron chi connectivity index (χ2n) is 5.17. The molecule has 2 heterocycles. The van der Waals surface area contributed by atoms with Crippen molar-refractivity contribution in [1.29, 1.82) is 0 Å². The number of carbonyl (C=O) groups excluding carboxylic acids is 1. The summed E-state index contributed by atoms with van der Waals surface area (Å²) in [6.07, 6.45) is 10.1. The van der Waals surface area contributed by atoms with E-state index >= 15 is 0 Å². The zero-order valence-corrected chi connectivity index (χ0v) is 9.76. The quantitative estimate of drug-likeness (QED) is 0.671. The van der Waals surface area contributed by atoms with E-state index in [0.29, 0.717) is 18.0 Å². The third-order valence-electron chi connectivity index (χ3n) is 4.20. The number of piperidine rings is 1. The molecule has 3 heteroatoms. The van der Waals surface area contributed by atoms with Gasteiger partial charge in [0.15, 0.2) is 0 Å². The van der Waals surface area contributed by atoms with E-state index < -0.39 is 0 Å². The maximum absolute atomic E-state index is 11.9. The molecule has 3 nitrogen and oxygen atoms in total. The minimum atomic E-state index is -0.0677. The molecule has 2 saturated heterocycles. The Bertz CT molecular complexity index is 326. The van der Waals surface area contributed by atoms with Crippen LogP contribution in [0.25, 0.3) is 0 Å². The van der Waals surface area contributed by atoms with Crippen LogP contribution in [0.1, 0.15) is 39.0 Å². The average molecular weight is 221 g/mol. The van der Waals surface area contributed by atoms with Gasteiger partial charge in [-0.3, -0.25) is 4.90 Å². The SMILES string of the molecule is CCC[C@@H]1CC[C@H]2C=CC[C@H]3OC(=O)N1[C@@H]23. The van der Waals surface area contributed by atoms with Gasteiger partial charge < -0.3 is 4.74 Å². The highest BCUT2D eigenvalue weighted by molar-refractivity contribution is 5.71. The minimum absolute atomic E-state index is 0.0677. The molecule has 0 unspecified atom stereocenters. The highest BCUT2D eigenvalue weighted by Gasteiger charge is 2.50. The molecule has 0 N–H and O–H groups in total. The van der Waals surface area contributed by atoms with Gasteiger partial charge in [0.05, 0.1) is 6.04 Å². The third kappa shape index (κ3) is 1.37. The lowest BCUT2D eigenvalue weighted by Gasteiger charge is -2.42. The smallest absolute Gasteiger partial charge is 0.410 e. The second kappa shape index (κ2) is 3.79. The zero-order chi connectivity index (χ0) is 11.1. The van der Waals surface area contributed by atoms with Gasteiger partial charge in [0, 0.05) is 18.4 Å². The van der Waals surface area contributed by atoms with E-state index in [1.807, 2.05) is 4.90 Å². The van der Waals surface area contributed by atoms with Gasteiger partial charge in [-0.15, -0.1) is 0 Å². The Labute approximate surface area is 96.4 Å². The molecule has 0 spiro atoms. The fraction of sp³-hybridized carbons (Fsp3) is 0.769. The van der Waals surface area contributed by atoms with E-state index in [-0.39, 0.29) is 12.2 Å². The van der Waals surface area contributed by atoms with Gasteiger partial charge >= 0.3 is 6.09 Å². The minimum Gasteiger partial charge on any atom is -0.444 e. The number of carbonyl (C=O) groups is 1. The van der Waals surface area contributed by atoms with Crippen molar-refractivity contribution in [2.75, 3.05) is 0 Å². The Balaban J connectivity index is 1.88. The summed E-state index contributed by atoms with van der Waals surface area (Å²) in [5.41, 5.74) is 0. The van der Waals surface area contributed by atoms with Gasteiger partial charge in [-0.25, -0.2) is 4.79 Å². The maximum Gasteiger partial charge on any atom is 0.410 e. The average Bonchev–Trinajstić information content (AvgIpc) is 2.62. The first-order chi connectivity index (χ1) is 7.81. The Morgan fingerprint density at radius 1 is 1.50 bits per heavy atom. The van der Waals surface area contributed by atoms with E-state index in [9.17, 15) is 4.79 Å². The Morgan fingerprint density at radius 2 is 2.38 bits per heavy atom. The highest BCUT2D eigenvalue weighted by atomic mass is 16.6. The lowest BCUT2D eigenvalue weighted by atomic mass is 9.79. The van der Waals surface area contributed by atoms with Crippen molar-refractivity contribution in [1.82, 2.24) is 4.90 Å². The zero-order valence-electron chi connectivity index (χ0n) is 9.76. The van der Waals surface area contributed by atoms with Gasteiger partial charge in [0.25, 0.3) is 0 Å². The molecular weight excluding hydrogens is 202 g/mol. The summed E-state index contributed by atoms with van der Waals surface area (Å²) in [7, 11) is 0. The summed E-state index contributed by atoms with van der Waals surface area (Å²) < 4.78 is 5.49. The van der Waals surface area contributed by atoms with Crippen LogP contribution in [0.2, 0.25) is 0 Å². The first-order valence-corrected chi connectivity index (χ1v) is 6.47. The lowest BCUT2D eigenvalue weighted by Crippen LogP contribution is -2.52. The number of hydrogen-bond acceptors (Lipinski definition) is 2. The lowest BCUT2D eigenvalue weighted by molar-refractivity contribution is 0.0934. The van der Waals surface area contributed by atoms with Crippen LogP contribution in [0.15, 0.2) is 12.2 Å². The highest BCUT2D eigenvalue weighted by Crippen LogP contribution is 2.41. The summed E-state index contributed by atoms with van der Waals surface area (Å²) in [5.74, 6) is 0.540. The monoisotopic (exact) mass is 221 g/mol. The Morgan fingerprint density at radius 3 is 3.19 bits per heavy atom. The largest absolute Gasteiger partial charge is 0.444 e. The summed E-state index contributed by atoms with van der Waals surface area (Å²) in [6, 6.07) is 0.762. The van der Waals surface area contributed by atoms with Gasteiger partial charge in [0.2, 0.25) is 0 Å². The van der Waals surface area contributed by atoms with E-state index in [4.69, 9.17) is 4.74 Å². The van der Waals surface area contributed by atoms with Gasteiger partial charge in [-0.2, -0.15) is 0 Å². The van der Waals surface area contributed by atoms with Crippen molar-refractivity contribution in [2.45, 2.75) is 57.2 Å². The molecular formula is C13H19NO2. The summed E-state index contributed by atoms with van der Waals surface area (Å²) in [6.45, 7) is 2.19. The second-order valence-corrected chi connectivity index (χ2v) is 5.17. The van der Waals surface area contributed by atoms with Crippen LogP contribution < -0.4 is 0 Å². The van der Waals surface area contributed by atoms with Crippen molar-refractivity contribution in [2.24, 2.45) is 5.92 Å². The standard InChI is InChI=1S/C13H19NO2/c1-2-4-10-8-7-9-5-3-6-11-12(9)14(10)13(15)16-11/h3,5,9-12H,2,4,6-8H2,1H3/t9-,10-,11-,12+/m1/s1. The molecule has 0 aromatic carbocycles. The van der Waals surface area contributed by atoms with Gasteiger partial charge in [-0.05, 0) is 19.3 Å². The normalized spacial score (nSPS) is 40.8. The van der Waals surface area contributed by atoms with E-state index in [1.165, 1.54) is 6.42 Å². The van der Waals surface area contributed by atoms with Crippen molar-refractivity contribution in [3.05, 3.63) is 12.2 Å². The van der Waals surface area contributed by atoms with Crippen LogP contribution in [-0.4, -0.2) is 29.2 Å². The molecule has 0 aromatic heterocycles.